The third-order valence-corrected chi connectivity index (χ3v) is 13.8. The maximum Gasteiger partial charge on any atom is 0.472 e. The number of carbonyl (C=O) groups is 2. The number of rotatable bonds is 54. The molecule has 410 valence electrons. The summed E-state index contributed by atoms with van der Waals surface area (Å²) in [6, 6.07) is 0. The lowest BCUT2D eigenvalue weighted by molar-refractivity contribution is -0.870. The third-order valence-electron chi connectivity index (χ3n) is 12.8. The van der Waals surface area contributed by atoms with Crippen LogP contribution in [0.4, 0.5) is 0 Å². The van der Waals surface area contributed by atoms with Crippen LogP contribution in [0.3, 0.4) is 0 Å². The molecule has 10 heteroatoms. The van der Waals surface area contributed by atoms with Crippen LogP contribution in [-0.2, 0) is 32.7 Å². The molecule has 0 fully saturated rings. The fourth-order valence-corrected chi connectivity index (χ4v) is 9.00. The number of hydrogen-bond donors (Lipinski definition) is 1. The number of unbranched alkanes of at least 4 members (excludes halogenated alkanes) is 32. The SMILES string of the molecule is CCCCCCC/C=C\C/C=C\CCCCCCCCCCCCCCCC(=O)OC(COC(=O)CCCCCCCCCCC/C=C\C/C=C\CCCCCCC)COP(=O)(O)OCC[N+](C)(C)C. The summed E-state index contributed by atoms with van der Waals surface area (Å²) in [5.41, 5.74) is 0. The first kappa shape index (κ1) is 68.0. The summed E-state index contributed by atoms with van der Waals surface area (Å²) in [6.45, 7) is 4.44. The van der Waals surface area contributed by atoms with Crippen LogP contribution in [0, 0.1) is 0 Å². The van der Waals surface area contributed by atoms with E-state index in [0.717, 1.165) is 44.9 Å². The standard InChI is InChI=1S/C60H112NO8P/c1-6-8-10-12-14-16-18-20-22-24-26-28-29-30-31-33-35-37-39-41-43-45-47-49-51-53-60(63)69-58(57-68-70(64,65)67-55-54-61(3,4)5)56-66-59(62)52-50-48-46-44-42-40-38-36-34-32-27-25-23-21-19-17-15-13-11-9-7-2/h18-21,24-27,58H,6-17,22-23,28-57H2,1-5H3/p+1/b20-18-,21-19-,26-24-,27-25-. The van der Waals surface area contributed by atoms with Gasteiger partial charge in [0, 0.05) is 12.8 Å². The van der Waals surface area contributed by atoms with Gasteiger partial charge in [-0.05, 0) is 77.0 Å². The summed E-state index contributed by atoms with van der Waals surface area (Å²) >= 11 is 0. The predicted octanol–water partition coefficient (Wildman–Crippen LogP) is 18.1. The summed E-state index contributed by atoms with van der Waals surface area (Å²) in [5, 5.41) is 0. The van der Waals surface area contributed by atoms with Crippen LogP contribution in [0.15, 0.2) is 48.6 Å². The van der Waals surface area contributed by atoms with Crippen molar-refractivity contribution < 1.29 is 42.1 Å². The van der Waals surface area contributed by atoms with Gasteiger partial charge in [0.2, 0.25) is 0 Å². The Bertz CT molecular complexity index is 1320. The second-order valence-electron chi connectivity index (χ2n) is 21.0. The summed E-state index contributed by atoms with van der Waals surface area (Å²) in [4.78, 5) is 35.7. The normalized spacial score (nSPS) is 13.6. The summed E-state index contributed by atoms with van der Waals surface area (Å²) < 4.78 is 34.6. The Morgan fingerprint density at radius 2 is 0.771 bits per heavy atom. The number of phosphoric acid groups is 1. The van der Waals surface area contributed by atoms with E-state index >= 15 is 0 Å². The molecule has 0 aromatic heterocycles. The van der Waals surface area contributed by atoms with E-state index in [4.69, 9.17) is 18.5 Å². The van der Waals surface area contributed by atoms with E-state index in [1.165, 1.54) is 193 Å². The second-order valence-corrected chi connectivity index (χ2v) is 22.5. The number of nitrogens with zero attached hydrogens (tertiary/aromatic N) is 1. The van der Waals surface area contributed by atoms with Gasteiger partial charge in [0.15, 0.2) is 6.10 Å². The molecule has 2 unspecified atom stereocenters. The number of esters is 2. The van der Waals surface area contributed by atoms with Crippen LogP contribution in [0.5, 0.6) is 0 Å². The summed E-state index contributed by atoms with van der Waals surface area (Å²) in [6.07, 6.45) is 64.6. The third kappa shape index (κ3) is 55.3. The molecule has 9 nitrogen and oxygen atoms in total. The van der Waals surface area contributed by atoms with Crippen molar-refractivity contribution in [2.75, 3.05) is 47.5 Å². The van der Waals surface area contributed by atoms with E-state index in [9.17, 15) is 19.0 Å². The molecule has 2 atom stereocenters. The van der Waals surface area contributed by atoms with E-state index in [-0.39, 0.29) is 32.0 Å². The summed E-state index contributed by atoms with van der Waals surface area (Å²) in [7, 11) is 1.48. The van der Waals surface area contributed by atoms with E-state index in [2.05, 4.69) is 62.5 Å². The topological polar surface area (TPSA) is 108 Å². The molecule has 0 aliphatic heterocycles. The monoisotopic (exact) mass is 1010 g/mol. The van der Waals surface area contributed by atoms with Gasteiger partial charge < -0.3 is 18.9 Å². The lowest BCUT2D eigenvalue weighted by Crippen LogP contribution is -2.37. The van der Waals surface area contributed by atoms with Gasteiger partial charge in [-0.25, -0.2) is 4.57 Å². The number of hydrogen-bond acceptors (Lipinski definition) is 7. The second kappa shape index (κ2) is 51.9. The maximum atomic E-state index is 12.8. The van der Waals surface area contributed by atoms with Crippen molar-refractivity contribution in [3.63, 3.8) is 0 Å². The lowest BCUT2D eigenvalue weighted by atomic mass is 10.0. The van der Waals surface area contributed by atoms with Gasteiger partial charge in [-0.15, -0.1) is 0 Å². The zero-order valence-corrected chi connectivity index (χ0v) is 47.4. The van der Waals surface area contributed by atoms with Crippen LogP contribution in [0.2, 0.25) is 0 Å². The molecule has 0 rings (SSSR count). The number of likely N-dealkylation sites (N-methyl/N-ethyl adjacent to an activating group) is 1. The molecule has 0 aromatic rings. The molecule has 0 saturated carbocycles. The first-order chi connectivity index (χ1) is 34.0. The zero-order chi connectivity index (χ0) is 51.3. The highest BCUT2D eigenvalue weighted by molar-refractivity contribution is 7.47. The van der Waals surface area contributed by atoms with Gasteiger partial charge in [-0.1, -0.05) is 229 Å². The van der Waals surface area contributed by atoms with E-state index in [1.807, 2.05) is 21.1 Å². The highest BCUT2D eigenvalue weighted by Crippen LogP contribution is 2.43. The van der Waals surface area contributed by atoms with Gasteiger partial charge in [-0.3, -0.25) is 18.6 Å². The van der Waals surface area contributed by atoms with Gasteiger partial charge in [0.1, 0.15) is 19.8 Å². The largest absolute Gasteiger partial charge is 0.472 e. The van der Waals surface area contributed by atoms with Crippen molar-refractivity contribution in [1.29, 1.82) is 0 Å². The minimum absolute atomic E-state index is 0.0307. The van der Waals surface area contributed by atoms with E-state index < -0.39 is 26.5 Å². The van der Waals surface area contributed by atoms with Gasteiger partial charge in [-0.2, -0.15) is 0 Å². The molecule has 0 saturated heterocycles. The van der Waals surface area contributed by atoms with Crippen molar-refractivity contribution in [3.05, 3.63) is 48.6 Å². The predicted molar refractivity (Wildman–Crippen MR) is 298 cm³/mol. The Hall–Kier alpha value is -2.03. The molecule has 0 aromatic carbocycles. The van der Waals surface area contributed by atoms with Crippen molar-refractivity contribution in [2.45, 2.75) is 277 Å². The Kier molecular flexibility index (Phi) is 50.4. The van der Waals surface area contributed by atoms with E-state index in [1.54, 1.807) is 0 Å². The van der Waals surface area contributed by atoms with Gasteiger partial charge in [0.05, 0.1) is 27.7 Å². The first-order valence-corrected chi connectivity index (χ1v) is 30.9. The van der Waals surface area contributed by atoms with Crippen LogP contribution in [0.25, 0.3) is 0 Å². The fraction of sp³-hybridized carbons (Fsp3) is 0.833. The lowest BCUT2D eigenvalue weighted by Gasteiger charge is -2.24. The summed E-state index contributed by atoms with van der Waals surface area (Å²) in [5.74, 6) is -0.795. The van der Waals surface area contributed by atoms with Gasteiger partial charge in [0.25, 0.3) is 0 Å². The minimum Gasteiger partial charge on any atom is -0.462 e. The molecule has 0 heterocycles. The highest BCUT2D eigenvalue weighted by atomic mass is 31.2. The molecule has 0 aliphatic carbocycles. The molecule has 0 bridgehead atoms. The van der Waals surface area contributed by atoms with Crippen molar-refractivity contribution >= 4 is 19.8 Å². The number of carbonyl (C=O) groups excluding carboxylic acids is 2. The number of ether oxygens (including phenoxy) is 2. The molecule has 0 spiro atoms. The fourth-order valence-electron chi connectivity index (χ4n) is 8.25. The van der Waals surface area contributed by atoms with Crippen molar-refractivity contribution in [1.82, 2.24) is 0 Å². The van der Waals surface area contributed by atoms with Crippen molar-refractivity contribution in [2.24, 2.45) is 0 Å². The van der Waals surface area contributed by atoms with Crippen LogP contribution in [-0.4, -0.2) is 74.9 Å². The molecule has 1 N–H and O–H groups in total. The maximum absolute atomic E-state index is 12.8. The molecule has 0 radical (unpaired) electrons. The quantitative estimate of drug-likeness (QED) is 0.0211. The molecule has 70 heavy (non-hydrogen) atoms. The minimum atomic E-state index is -4.39. The smallest absolute Gasteiger partial charge is 0.462 e. The Labute approximate surface area is 433 Å². The molecule has 0 amide bonds. The average Bonchev–Trinajstić information content (AvgIpc) is 3.32. The van der Waals surface area contributed by atoms with Gasteiger partial charge >= 0.3 is 19.8 Å². The molecular formula is C60H113NO8P+. The van der Waals surface area contributed by atoms with Crippen LogP contribution >= 0.6 is 7.82 Å². The highest BCUT2D eigenvalue weighted by Gasteiger charge is 2.27. The van der Waals surface area contributed by atoms with E-state index in [0.29, 0.717) is 17.4 Å². The zero-order valence-electron chi connectivity index (χ0n) is 46.5. The van der Waals surface area contributed by atoms with Crippen molar-refractivity contribution in [3.8, 4) is 0 Å². The van der Waals surface area contributed by atoms with Crippen LogP contribution in [0.1, 0.15) is 271 Å². The molecule has 0 aliphatic rings. The first-order valence-electron chi connectivity index (χ1n) is 29.4. The molecular weight excluding hydrogens is 894 g/mol. The Morgan fingerprint density at radius 1 is 0.443 bits per heavy atom. The number of allylic oxidation sites excluding steroid dienone is 8. The Morgan fingerprint density at radius 3 is 1.13 bits per heavy atom. The number of phosphoric ester groups is 1. The van der Waals surface area contributed by atoms with Crippen LogP contribution < -0.4 is 0 Å². The number of quaternary nitrogens is 1. The average molecular weight is 1010 g/mol. The Balaban J connectivity index is 4.16.